The molecule has 1 aromatic rings. The van der Waals surface area contributed by atoms with Crippen molar-refractivity contribution >= 4 is 17.5 Å². The second kappa shape index (κ2) is 8.92. The number of hydrogen-bond donors (Lipinski definition) is 1. The van der Waals surface area contributed by atoms with Gasteiger partial charge in [-0.15, -0.1) is 4.72 Å². The quantitative estimate of drug-likeness (QED) is 0.811. The Balaban J connectivity index is 1.74. The zero-order valence-corrected chi connectivity index (χ0v) is 16.5. The highest BCUT2D eigenvalue weighted by Crippen LogP contribution is 2.23. The first kappa shape index (κ1) is 20.1. The molecule has 1 N–H and O–H groups in total. The van der Waals surface area contributed by atoms with Crippen LogP contribution in [0.4, 0.5) is 4.79 Å². The maximum Gasteiger partial charge on any atom is 0.410 e. The molecule has 1 saturated heterocycles. The van der Waals surface area contributed by atoms with Gasteiger partial charge in [0.2, 0.25) is 0 Å². The van der Waals surface area contributed by atoms with Crippen LogP contribution in [0.5, 0.6) is 0 Å². The molecule has 1 aromatic carbocycles. The topological polar surface area (TPSA) is 64.6 Å². The lowest BCUT2D eigenvalue weighted by molar-refractivity contribution is 0.0797. The monoisotopic (exact) mass is 366 g/mol. The van der Waals surface area contributed by atoms with E-state index in [0.29, 0.717) is 25.6 Å². The number of nitrogens with zero attached hydrogens (tertiary/aromatic N) is 1. The molecule has 0 bridgehead atoms. The number of benzene rings is 1. The van der Waals surface area contributed by atoms with E-state index in [1.54, 1.807) is 4.90 Å². The SMILES string of the molecule is C[C@@H](N[S@@+]([O-])C(C)(C)C)C1CCN(C(=O)OCc2ccccc2)CC1. The molecule has 2 atom stereocenters. The van der Waals surface area contributed by atoms with Gasteiger partial charge in [0.1, 0.15) is 11.4 Å². The number of nitrogens with one attached hydrogen (secondary N) is 1. The normalized spacial score (nSPS) is 18.7. The predicted molar refractivity (Wildman–Crippen MR) is 101 cm³/mol. The molecule has 0 unspecified atom stereocenters. The number of carbonyl (C=O) groups excluding carboxylic acids is 1. The van der Waals surface area contributed by atoms with E-state index in [4.69, 9.17) is 4.74 Å². The average Bonchev–Trinajstić information content (AvgIpc) is 2.59. The van der Waals surface area contributed by atoms with Gasteiger partial charge < -0.3 is 14.2 Å². The summed E-state index contributed by atoms with van der Waals surface area (Å²) in [5, 5.41) is 0. The third-order valence-corrected chi connectivity index (χ3v) is 6.26. The lowest BCUT2D eigenvalue weighted by Crippen LogP contribution is -2.49. The van der Waals surface area contributed by atoms with Crippen LogP contribution >= 0.6 is 0 Å². The molecule has 0 radical (unpaired) electrons. The number of piperidine rings is 1. The van der Waals surface area contributed by atoms with E-state index in [-0.39, 0.29) is 16.9 Å². The van der Waals surface area contributed by atoms with Crippen LogP contribution in [0.2, 0.25) is 0 Å². The summed E-state index contributed by atoms with van der Waals surface area (Å²) in [4.78, 5) is 14.0. The summed E-state index contributed by atoms with van der Waals surface area (Å²) in [5.74, 6) is 0.421. The number of ether oxygens (including phenoxy) is 1. The van der Waals surface area contributed by atoms with Gasteiger partial charge in [-0.05, 0) is 52.0 Å². The molecule has 0 aromatic heterocycles. The fourth-order valence-corrected chi connectivity index (χ4v) is 3.72. The van der Waals surface area contributed by atoms with Crippen molar-refractivity contribution in [2.45, 2.75) is 57.9 Å². The summed E-state index contributed by atoms with van der Waals surface area (Å²) in [6.07, 6.45) is 1.55. The van der Waals surface area contributed by atoms with Crippen molar-refractivity contribution in [1.82, 2.24) is 9.62 Å². The summed E-state index contributed by atoms with van der Waals surface area (Å²) in [6.45, 7) is 9.66. The molecule has 5 nitrogen and oxygen atoms in total. The summed E-state index contributed by atoms with van der Waals surface area (Å²) in [6, 6.07) is 9.87. The highest BCUT2D eigenvalue weighted by Gasteiger charge is 2.33. The zero-order valence-electron chi connectivity index (χ0n) is 15.7. The maximum absolute atomic E-state index is 12.2. The van der Waals surface area contributed by atoms with Crippen molar-refractivity contribution in [2.75, 3.05) is 13.1 Å². The molecular formula is C19H30N2O3S. The summed E-state index contributed by atoms with van der Waals surface area (Å²) < 4.78 is 20.6. The molecule has 0 aliphatic carbocycles. The maximum atomic E-state index is 12.2. The molecule has 1 heterocycles. The highest BCUT2D eigenvalue weighted by atomic mass is 32.2. The van der Waals surface area contributed by atoms with Gasteiger partial charge in [0.25, 0.3) is 0 Å². The van der Waals surface area contributed by atoms with Crippen molar-refractivity contribution < 1.29 is 14.1 Å². The van der Waals surface area contributed by atoms with Crippen molar-refractivity contribution in [3.8, 4) is 0 Å². The summed E-state index contributed by atoms with van der Waals surface area (Å²) in [7, 11) is 0. The van der Waals surface area contributed by atoms with Crippen molar-refractivity contribution in [2.24, 2.45) is 5.92 Å². The van der Waals surface area contributed by atoms with Gasteiger partial charge in [-0.3, -0.25) is 0 Å². The third-order valence-electron chi connectivity index (χ3n) is 4.56. The van der Waals surface area contributed by atoms with E-state index in [9.17, 15) is 9.35 Å². The Hall–Kier alpha value is -1.24. The van der Waals surface area contributed by atoms with Gasteiger partial charge in [-0.1, -0.05) is 30.3 Å². The second-order valence-electron chi connectivity index (χ2n) is 7.65. The van der Waals surface area contributed by atoms with Crippen molar-refractivity contribution in [3.05, 3.63) is 35.9 Å². The molecule has 1 fully saturated rings. The minimum absolute atomic E-state index is 0.169. The number of likely N-dealkylation sites (tertiary alicyclic amines) is 1. The molecule has 1 aliphatic rings. The van der Waals surface area contributed by atoms with Crippen LogP contribution in [-0.4, -0.2) is 39.4 Å². The Morgan fingerprint density at radius 2 is 1.92 bits per heavy atom. The van der Waals surface area contributed by atoms with Gasteiger partial charge in [0.05, 0.1) is 6.04 Å². The molecule has 0 spiro atoms. The standard InChI is InChI=1S/C19H30N2O3S/c1-15(20-25(23)19(2,3)4)17-10-12-21(13-11-17)18(22)24-14-16-8-6-5-7-9-16/h5-9,15,17,20H,10-14H2,1-4H3/t15-,25+/m1/s1. The Morgan fingerprint density at radius 1 is 1.32 bits per heavy atom. The number of carbonyl (C=O) groups is 1. The zero-order chi connectivity index (χ0) is 18.4. The summed E-state index contributed by atoms with van der Waals surface area (Å²) in [5.41, 5.74) is 0.994. The molecule has 25 heavy (non-hydrogen) atoms. The van der Waals surface area contributed by atoms with Crippen LogP contribution < -0.4 is 4.72 Å². The molecule has 140 valence electrons. The van der Waals surface area contributed by atoms with E-state index in [1.165, 1.54) is 0 Å². The van der Waals surface area contributed by atoms with E-state index >= 15 is 0 Å². The third kappa shape index (κ3) is 6.20. The minimum Gasteiger partial charge on any atom is -0.598 e. The van der Waals surface area contributed by atoms with Crippen LogP contribution in [0.25, 0.3) is 0 Å². The van der Waals surface area contributed by atoms with Crippen molar-refractivity contribution in [1.29, 1.82) is 0 Å². The van der Waals surface area contributed by atoms with Gasteiger partial charge in [-0.2, -0.15) is 0 Å². The number of amides is 1. The van der Waals surface area contributed by atoms with Gasteiger partial charge in [-0.25, -0.2) is 4.79 Å². The summed E-state index contributed by atoms with van der Waals surface area (Å²) >= 11 is -1.07. The lowest BCUT2D eigenvalue weighted by atomic mass is 9.91. The Bertz CT molecular complexity index is 539. The molecule has 1 amide bonds. The highest BCUT2D eigenvalue weighted by molar-refractivity contribution is 7.90. The lowest BCUT2D eigenvalue weighted by Gasteiger charge is -2.35. The Morgan fingerprint density at radius 3 is 2.48 bits per heavy atom. The predicted octanol–water partition coefficient (Wildman–Crippen LogP) is 3.48. The van der Waals surface area contributed by atoms with Crippen molar-refractivity contribution in [3.63, 3.8) is 0 Å². The number of hydrogen-bond acceptors (Lipinski definition) is 4. The number of rotatable bonds is 5. The van der Waals surface area contributed by atoms with Gasteiger partial charge in [0, 0.05) is 24.5 Å². The van der Waals surface area contributed by atoms with Crippen LogP contribution in [0.15, 0.2) is 30.3 Å². The first-order valence-electron chi connectivity index (χ1n) is 8.91. The van der Waals surface area contributed by atoms with Gasteiger partial charge >= 0.3 is 6.09 Å². The van der Waals surface area contributed by atoms with E-state index in [2.05, 4.69) is 11.6 Å². The molecule has 1 aliphatic heterocycles. The largest absolute Gasteiger partial charge is 0.598 e. The van der Waals surface area contributed by atoms with Crippen LogP contribution in [0.3, 0.4) is 0 Å². The molecule has 0 saturated carbocycles. The second-order valence-corrected chi connectivity index (χ2v) is 9.65. The molecule has 6 heteroatoms. The Labute approximate surface area is 154 Å². The fourth-order valence-electron chi connectivity index (χ4n) is 2.83. The fraction of sp³-hybridized carbons (Fsp3) is 0.632. The first-order valence-corrected chi connectivity index (χ1v) is 10.1. The van der Waals surface area contributed by atoms with E-state index in [1.807, 2.05) is 51.1 Å². The Kier molecular flexibility index (Phi) is 7.16. The van der Waals surface area contributed by atoms with E-state index < -0.39 is 11.4 Å². The smallest absolute Gasteiger partial charge is 0.410 e. The van der Waals surface area contributed by atoms with Crippen LogP contribution in [0, 0.1) is 5.92 Å². The van der Waals surface area contributed by atoms with E-state index in [0.717, 1.165) is 18.4 Å². The first-order chi connectivity index (χ1) is 11.8. The average molecular weight is 367 g/mol. The van der Waals surface area contributed by atoms with Gasteiger partial charge in [0.15, 0.2) is 0 Å². The minimum atomic E-state index is -1.07. The molecule has 2 rings (SSSR count). The van der Waals surface area contributed by atoms with Crippen LogP contribution in [0.1, 0.15) is 46.1 Å². The van der Waals surface area contributed by atoms with Crippen LogP contribution in [-0.2, 0) is 22.7 Å². The molecular weight excluding hydrogens is 336 g/mol.